The van der Waals surface area contributed by atoms with Crippen LogP contribution in [-0.4, -0.2) is 31.4 Å². The van der Waals surface area contributed by atoms with Gasteiger partial charge in [0.05, 0.1) is 11.4 Å². The van der Waals surface area contributed by atoms with Crippen LogP contribution < -0.4 is 5.32 Å². The van der Waals surface area contributed by atoms with Gasteiger partial charge in [0.2, 0.25) is 5.91 Å². The summed E-state index contributed by atoms with van der Waals surface area (Å²) in [6.45, 7) is 1.99. The van der Waals surface area contributed by atoms with E-state index in [1.54, 1.807) is 6.33 Å². The van der Waals surface area contributed by atoms with Crippen LogP contribution in [0.2, 0.25) is 0 Å². The molecule has 2 aromatic carbocycles. The number of rotatable bonds is 6. The first-order valence-electron chi connectivity index (χ1n) is 9.10. The second-order valence-corrected chi connectivity index (χ2v) is 7.46. The molecule has 0 aliphatic carbocycles. The minimum Gasteiger partial charge on any atom is -0.325 e. The molecule has 2 heterocycles. The van der Waals surface area contributed by atoms with Crippen molar-refractivity contribution in [3.63, 3.8) is 0 Å². The monoisotopic (exact) mass is 401 g/mol. The lowest BCUT2D eigenvalue weighted by Gasteiger charge is -2.06. The molecule has 0 spiro atoms. The molecule has 0 saturated heterocycles. The van der Waals surface area contributed by atoms with Crippen LogP contribution in [0.15, 0.2) is 84.3 Å². The third kappa shape index (κ3) is 4.89. The minimum absolute atomic E-state index is 0.0754. The number of hydrogen-bond acceptors (Lipinski definition) is 5. The Morgan fingerprint density at radius 2 is 1.90 bits per heavy atom. The number of carbonyl (C=O) groups excluding carboxylic acids is 1. The Bertz CT molecular complexity index is 1110. The minimum atomic E-state index is -0.0754. The molecule has 2 aromatic heterocycles. The second kappa shape index (κ2) is 8.70. The number of nitrogens with zero attached hydrogens (tertiary/aromatic N) is 4. The number of thioether (sulfide) groups is 1. The van der Waals surface area contributed by atoms with Gasteiger partial charge in [0, 0.05) is 17.4 Å². The van der Waals surface area contributed by atoms with Gasteiger partial charge in [-0.15, -0.1) is 10.2 Å². The van der Waals surface area contributed by atoms with E-state index in [-0.39, 0.29) is 11.7 Å². The van der Waals surface area contributed by atoms with Gasteiger partial charge in [-0.1, -0.05) is 54.2 Å². The third-order valence-corrected chi connectivity index (χ3v) is 5.12. The predicted octanol–water partition coefficient (Wildman–Crippen LogP) is 4.37. The van der Waals surface area contributed by atoms with E-state index in [4.69, 9.17) is 0 Å². The van der Waals surface area contributed by atoms with Crippen molar-refractivity contribution < 1.29 is 4.79 Å². The summed E-state index contributed by atoms with van der Waals surface area (Å²) >= 11 is 1.35. The zero-order valence-corrected chi connectivity index (χ0v) is 16.6. The summed E-state index contributed by atoms with van der Waals surface area (Å²) < 4.78 is 1.83. The number of carbonyl (C=O) groups is 1. The van der Waals surface area contributed by atoms with Gasteiger partial charge in [0.25, 0.3) is 0 Å². The van der Waals surface area contributed by atoms with Crippen molar-refractivity contribution in [3.8, 4) is 17.1 Å². The number of aromatic nitrogens is 4. The Balaban J connectivity index is 1.36. The van der Waals surface area contributed by atoms with Crippen molar-refractivity contribution in [2.45, 2.75) is 11.9 Å². The summed E-state index contributed by atoms with van der Waals surface area (Å²) in [6.07, 6.45) is 3.63. The highest BCUT2D eigenvalue weighted by Crippen LogP contribution is 2.19. The maximum Gasteiger partial charge on any atom is 0.234 e. The summed E-state index contributed by atoms with van der Waals surface area (Å²) in [5.74, 6) is 0.868. The molecule has 4 rings (SSSR count). The molecule has 6 nitrogen and oxygen atoms in total. The molecule has 0 saturated carbocycles. The standard InChI is InChI=1S/C22H19N5OS/c1-16-6-5-9-18(12-16)24-21(28)14-29-22-11-10-20(25-26-22)27-13-19(23-15-27)17-7-3-2-4-8-17/h2-13,15H,14H2,1H3,(H,24,28). The van der Waals surface area contributed by atoms with Crippen LogP contribution in [0.1, 0.15) is 5.56 Å². The molecule has 1 amide bonds. The van der Waals surface area contributed by atoms with E-state index < -0.39 is 0 Å². The van der Waals surface area contributed by atoms with E-state index in [0.29, 0.717) is 10.8 Å². The fraction of sp³-hybridized carbons (Fsp3) is 0.0909. The van der Waals surface area contributed by atoms with Crippen molar-refractivity contribution in [1.29, 1.82) is 0 Å². The summed E-state index contributed by atoms with van der Waals surface area (Å²) in [4.78, 5) is 16.6. The fourth-order valence-corrected chi connectivity index (χ4v) is 3.41. The first-order chi connectivity index (χ1) is 14.2. The SMILES string of the molecule is Cc1cccc(NC(=O)CSc2ccc(-n3cnc(-c4ccccc4)c3)nn2)c1. The Labute approximate surface area is 173 Å². The topological polar surface area (TPSA) is 72.7 Å². The number of hydrogen-bond donors (Lipinski definition) is 1. The Kier molecular flexibility index (Phi) is 5.67. The Morgan fingerprint density at radius 3 is 2.66 bits per heavy atom. The molecule has 0 bridgehead atoms. The lowest BCUT2D eigenvalue weighted by atomic mass is 10.2. The molecular weight excluding hydrogens is 382 g/mol. The molecule has 7 heteroatoms. The van der Waals surface area contributed by atoms with Crippen LogP contribution in [0.5, 0.6) is 0 Å². The maximum atomic E-state index is 12.1. The Morgan fingerprint density at radius 1 is 1.03 bits per heavy atom. The molecule has 4 aromatic rings. The predicted molar refractivity (Wildman–Crippen MR) is 115 cm³/mol. The van der Waals surface area contributed by atoms with Gasteiger partial charge in [0.1, 0.15) is 11.4 Å². The van der Waals surface area contributed by atoms with Crippen LogP contribution in [0.25, 0.3) is 17.1 Å². The van der Waals surface area contributed by atoms with Crippen molar-refractivity contribution in [2.75, 3.05) is 11.1 Å². The average molecular weight is 401 g/mol. The highest BCUT2D eigenvalue weighted by Gasteiger charge is 2.08. The zero-order chi connectivity index (χ0) is 20.1. The number of aryl methyl sites for hydroxylation is 1. The van der Waals surface area contributed by atoms with Crippen molar-refractivity contribution in [2.24, 2.45) is 0 Å². The van der Waals surface area contributed by atoms with Crippen LogP contribution in [0, 0.1) is 6.92 Å². The summed E-state index contributed by atoms with van der Waals surface area (Å²) in [7, 11) is 0. The molecule has 0 aliphatic heterocycles. The van der Waals surface area contributed by atoms with Gasteiger partial charge in [-0.3, -0.25) is 9.36 Å². The van der Waals surface area contributed by atoms with E-state index in [1.807, 2.05) is 84.4 Å². The van der Waals surface area contributed by atoms with Gasteiger partial charge >= 0.3 is 0 Å². The van der Waals surface area contributed by atoms with Gasteiger partial charge < -0.3 is 5.32 Å². The van der Waals surface area contributed by atoms with E-state index in [2.05, 4.69) is 20.5 Å². The normalized spacial score (nSPS) is 10.7. The van der Waals surface area contributed by atoms with E-state index in [1.165, 1.54) is 11.8 Å². The second-order valence-electron chi connectivity index (χ2n) is 6.47. The molecule has 144 valence electrons. The smallest absolute Gasteiger partial charge is 0.234 e. The molecule has 1 N–H and O–H groups in total. The molecule has 0 fully saturated rings. The zero-order valence-electron chi connectivity index (χ0n) is 15.8. The molecular formula is C22H19N5OS. The van der Waals surface area contributed by atoms with Crippen molar-refractivity contribution in [3.05, 3.63) is 84.8 Å². The first-order valence-corrected chi connectivity index (χ1v) is 10.1. The number of imidazole rings is 1. The van der Waals surface area contributed by atoms with E-state index in [0.717, 1.165) is 22.5 Å². The molecule has 0 radical (unpaired) electrons. The van der Waals surface area contributed by atoms with Crippen LogP contribution in [0.4, 0.5) is 5.69 Å². The van der Waals surface area contributed by atoms with Crippen LogP contribution >= 0.6 is 11.8 Å². The third-order valence-electron chi connectivity index (χ3n) is 4.20. The quantitative estimate of drug-likeness (QED) is 0.486. The van der Waals surface area contributed by atoms with Crippen molar-refractivity contribution >= 4 is 23.4 Å². The lowest BCUT2D eigenvalue weighted by Crippen LogP contribution is -2.14. The fourth-order valence-electron chi connectivity index (χ4n) is 2.79. The van der Waals surface area contributed by atoms with Gasteiger partial charge in [-0.2, -0.15) is 0 Å². The molecule has 0 aliphatic rings. The Hall–Kier alpha value is -3.45. The summed E-state index contributed by atoms with van der Waals surface area (Å²) in [5.41, 5.74) is 3.82. The molecule has 29 heavy (non-hydrogen) atoms. The molecule has 0 atom stereocenters. The first kappa shape index (κ1) is 18.9. The van der Waals surface area contributed by atoms with Crippen molar-refractivity contribution in [1.82, 2.24) is 19.7 Å². The summed E-state index contributed by atoms with van der Waals surface area (Å²) in [5, 5.41) is 12.0. The summed E-state index contributed by atoms with van der Waals surface area (Å²) in [6, 6.07) is 21.4. The number of amides is 1. The maximum absolute atomic E-state index is 12.1. The number of nitrogens with one attached hydrogen (secondary N) is 1. The molecule has 0 unspecified atom stereocenters. The van der Waals surface area contributed by atoms with Gasteiger partial charge in [-0.05, 0) is 36.8 Å². The highest BCUT2D eigenvalue weighted by atomic mass is 32.2. The number of benzene rings is 2. The van der Waals surface area contributed by atoms with E-state index in [9.17, 15) is 4.79 Å². The largest absolute Gasteiger partial charge is 0.325 e. The van der Waals surface area contributed by atoms with Crippen LogP contribution in [0.3, 0.4) is 0 Å². The lowest BCUT2D eigenvalue weighted by molar-refractivity contribution is -0.113. The van der Waals surface area contributed by atoms with Gasteiger partial charge in [-0.25, -0.2) is 4.98 Å². The van der Waals surface area contributed by atoms with Crippen LogP contribution in [-0.2, 0) is 4.79 Å². The van der Waals surface area contributed by atoms with E-state index >= 15 is 0 Å². The number of anilines is 1. The van der Waals surface area contributed by atoms with Gasteiger partial charge in [0.15, 0.2) is 5.82 Å². The average Bonchev–Trinajstić information content (AvgIpc) is 3.24. The highest BCUT2D eigenvalue weighted by molar-refractivity contribution is 7.99.